The zero-order valence-corrected chi connectivity index (χ0v) is 18.0. The Morgan fingerprint density at radius 2 is 1.55 bits per heavy atom. The third kappa shape index (κ3) is 3.70. The van der Waals surface area contributed by atoms with E-state index in [1.54, 1.807) is 24.3 Å². The number of hydrogen-bond donors (Lipinski definition) is 1. The van der Waals surface area contributed by atoms with E-state index in [0.717, 1.165) is 27.9 Å². The highest BCUT2D eigenvalue weighted by molar-refractivity contribution is 6.46. The first-order chi connectivity index (χ1) is 14.9. The van der Waals surface area contributed by atoms with E-state index in [2.05, 4.69) is 5.32 Å². The minimum atomic E-state index is -0.411. The van der Waals surface area contributed by atoms with Gasteiger partial charge in [0.25, 0.3) is 11.8 Å². The lowest BCUT2D eigenvalue weighted by Crippen LogP contribution is -2.32. The van der Waals surface area contributed by atoms with Gasteiger partial charge in [-0.3, -0.25) is 9.59 Å². The van der Waals surface area contributed by atoms with Gasteiger partial charge in [0, 0.05) is 5.69 Å². The van der Waals surface area contributed by atoms with Gasteiger partial charge >= 0.3 is 0 Å². The number of nitrogens with one attached hydrogen (secondary N) is 1. The number of ether oxygens (including phenoxy) is 1. The molecule has 1 aliphatic heterocycles. The molecule has 1 heterocycles. The molecule has 0 spiro atoms. The molecule has 2 amide bonds. The fourth-order valence-corrected chi connectivity index (χ4v) is 3.89. The average Bonchev–Trinajstić information content (AvgIpc) is 2.98. The summed E-state index contributed by atoms with van der Waals surface area (Å²) in [6.45, 7) is 5.93. The highest BCUT2D eigenvalue weighted by Crippen LogP contribution is 2.38. The first-order valence-corrected chi connectivity index (χ1v) is 10.1. The molecule has 1 N–H and O–H groups in total. The Labute approximate surface area is 182 Å². The molecular weight excluding hydrogens is 388 g/mol. The van der Waals surface area contributed by atoms with Gasteiger partial charge in [-0.05, 0) is 61.7 Å². The van der Waals surface area contributed by atoms with Crippen LogP contribution in [0.3, 0.4) is 0 Å². The van der Waals surface area contributed by atoms with Crippen molar-refractivity contribution in [3.63, 3.8) is 0 Å². The molecule has 0 aliphatic carbocycles. The van der Waals surface area contributed by atoms with E-state index in [9.17, 15) is 9.59 Å². The van der Waals surface area contributed by atoms with Crippen molar-refractivity contribution < 1.29 is 14.3 Å². The van der Waals surface area contributed by atoms with Crippen molar-refractivity contribution in [2.24, 2.45) is 0 Å². The summed E-state index contributed by atoms with van der Waals surface area (Å²) in [7, 11) is 1.52. The summed E-state index contributed by atoms with van der Waals surface area (Å²) in [6, 6.07) is 20.6. The minimum absolute atomic E-state index is 0.258. The zero-order chi connectivity index (χ0) is 22.1. The Morgan fingerprint density at radius 3 is 2.26 bits per heavy atom. The molecular formula is C26H24N2O3. The van der Waals surface area contributed by atoms with E-state index in [1.807, 2.05) is 63.2 Å². The Morgan fingerprint density at radius 1 is 0.806 bits per heavy atom. The van der Waals surface area contributed by atoms with E-state index < -0.39 is 5.91 Å². The Bertz CT molecular complexity index is 1230. The molecule has 0 fully saturated rings. The number of rotatable bonds is 5. The molecule has 3 aromatic carbocycles. The first kappa shape index (κ1) is 20.4. The van der Waals surface area contributed by atoms with Crippen molar-refractivity contribution in [3.05, 3.63) is 94.7 Å². The standard InChI is InChI=1S/C26H24N2O3/c1-16-8-7-9-19(15-16)27-24-23(20-13-12-17(2)14-18(20)3)25(29)28(26(24)30)21-10-5-6-11-22(21)31-4/h5-15,27H,1-4H3. The van der Waals surface area contributed by atoms with Gasteiger partial charge in [-0.15, -0.1) is 0 Å². The van der Waals surface area contributed by atoms with E-state index >= 15 is 0 Å². The van der Waals surface area contributed by atoms with Crippen LogP contribution in [0, 0.1) is 20.8 Å². The lowest BCUT2D eigenvalue weighted by molar-refractivity contribution is -0.120. The summed E-state index contributed by atoms with van der Waals surface area (Å²) in [4.78, 5) is 28.4. The van der Waals surface area contributed by atoms with Crippen LogP contribution in [-0.4, -0.2) is 18.9 Å². The molecule has 5 nitrogen and oxygen atoms in total. The van der Waals surface area contributed by atoms with Gasteiger partial charge in [-0.25, -0.2) is 4.90 Å². The number of anilines is 2. The largest absolute Gasteiger partial charge is 0.495 e. The summed E-state index contributed by atoms with van der Waals surface area (Å²) in [5.41, 5.74) is 5.59. The molecule has 0 radical (unpaired) electrons. The Hall–Kier alpha value is -3.86. The fraction of sp³-hybridized carbons (Fsp3) is 0.154. The third-order valence-electron chi connectivity index (χ3n) is 5.35. The molecule has 0 atom stereocenters. The van der Waals surface area contributed by atoms with Crippen molar-refractivity contribution in [2.45, 2.75) is 20.8 Å². The molecule has 0 saturated heterocycles. The van der Waals surface area contributed by atoms with E-state index in [1.165, 1.54) is 12.0 Å². The number of methoxy groups -OCH3 is 1. The maximum atomic E-state index is 13.6. The quantitative estimate of drug-likeness (QED) is 0.598. The van der Waals surface area contributed by atoms with Gasteiger partial charge < -0.3 is 10.1 Å². The lowest BCUT2D eigenvalue weighted by atomic mass is 9.97. The third-order valence-corrected chi connectivity index (χ3v) is 5.35. The van der Waals surface area contributed by atoms with Gasteiger partial charge in [0.05, 0.1) is 18.4 Å². The summed E-state index contributed by atoms with van der Waals surface area (Å²) >= 11 is 0. The predicted octanol–water partition coefficient (Wildman–Crippen LogP) is 5.02. The molecule has 0 aromatic heterocycles. The number of aryl methyl sites for hydroxylation is 3. The Balaban J connectivity index is 1.88. The number of hydrogen-bond acceptors (Lipinski definition) is 4. The van der Waals surface area contributed by atoms with Crippen molar-refractivity contribution in [3.8, 4) is 5.75 Å². The van der Waals surface area contributed by atoms with Crippen LogP contribution in [0.4, 0.5) is 11.4 Å². The van der Waals surface area contributed by atoms with Crippen molar-refractivity contribution in [1.29, 1.82) is 0 Å². The Kier molecular flexibility index (Phi) is 5.34. The molecule has 3 aromatic rings. The van der Waals surface area contributed by atoms with Gasteiger partial charge in [-0.1, -0.05) is 48.0 Å². The summed E-state index contributed by atoms with van der Waals surface area (Å²) < 4.78 is 5.42. The number of carbonyl (C=O) groups is 2. The highest BCUT2D eigenvalue weighted by atomic mass is 16.5. The summed E-state index contributed by atoms with van der Waals surface area (Å²) in [5.74, 6) is -0.330. The number of para-hydroxylation sites is 2. The van der Waals surface area contributed by atoms with Crippen molar-refractivity contribution in [1.82, 2.24) is 0 Å². The van der Waals surface area contributed by atoms with Crippen LogP contribution in [-0.2, 0) is 9.59 Å². The summed E-state index contributed by atoms with van der Waals surface area (Å²) in [6.07, 6.45) is 0. The molecule has 0 saturated carbocycles. The van der Waals surface area contributed by atoms with Gasteiger partial charge in [0.2, 0.25) is 0 Å². The van der Waals surface area contributed by atoms with Gasteiger partial charge in [0.1, 0.15) is 11.4 Å². The van der Waals surface area contributed by atoms with E-state index in [4.69, 9.17) is 4.74 Å². The second-order valence-corrected chi connectivity index (χ2v) is 7.68. The van der Waals surface area contributed by atoms with Crippen LogP contribution in [0.25, 0.3) is 5.57 Å². The van der Waals surface area contributed by atoms with Crippen molar-refractivity contribution >= 4 is 28.8 Å². The van der Waals surface area contributed by atoms with Crippen LogP contribution >= 0.6 is 0 Å². The number of benzene rings is 3. The maximum absolute atomic E-state index is 13.6. The van der Waals surface area contributed by atoms with Crippen LogP contribution in [0.15, 0.2) is 72.4 Å². The van der Waals surface area contributed by atoms with Crippen LogP contribution < -0.4 is 15.0 Å². The minimum Gasteiger partial charge on any atom is -0.495 e. The molecule has 5 heteroatoms. The molecule has 0 bridgehead atoms. The number of nitrogens with zero attached hydrogens (tertiary/aromatic N) is 1. The molecule has 1 aliphatic rings. The number of imide groups is 1. The smallest absolute Gasteiger partial charge is 0.282 e. The average molecular weight is 412 g/mol. The molecule has 31 heavy (non-hydrogen) atoms. The number of amides is 2. The van der Waals surface area contributed by atoms with Crippen molar-refractivity contribution in [2.75, 3.05) is 17.3 Å². The van der Waals surface area contributed by atoms with Gasteiger partial charge in [-0.2, -0.15) is 0 Å². The van der Waals surface area contributed by atoms with Crippen LogP contribution in [0.5, 0.6) is 5.75 Å². The normalized spacial score (nSPS) is 13.7. The maximum Gasteiger partial charge on any atom is 0.282 e. The van der Waals surface area contributed by atoms with Crippen LogP contribution in [0.1, 0.15) is 22.3 Å². The molecule has 4 rings (SSSR count). The second-order valence-electron chi connectivity index (χ2n) is 7.68. The van der Waals surface area contributed by atoms with Crippen LogP contribution in [0.2, 0.25) is 0 Å². The fourth-order valence-electron chi connectivity index (χ4n) is 3.89. The summed E-state index contributed by atoms with van der Waals surface area (Å²) in [5, 5.41) is 3.22. The lowest BCUT2D eigenvalue weighted by Gasteiger charge is -2.18. The zero-order valence-electron chi connectivity index (χ0n) is 18.0. The first-order valence-electron chi connectivity index (χ1n) is 10.1. The highest BCUT2D eigenvalue weighted by Gasteiger charge is 2.41. The van der Waals surface area contributed by atoms with Gasteiger partial charge in [0.15, 0.2) is 0 Å². The SMILES string of the molecule is COc1ccccc1N1C(=O)C(Nc2cccc(C)c2)=C(c2ccc(C)cc2C)C1=O. The predicted molar refractivity (Wildman–Crippen MR) is 123 cm³/mol. The number of carbonyl (C=O) groups excluding carboxylic acids is 2. The van der Waals surface area contributed by atoms with E-state index in [0.29, 0.717) is 17.0 Å². The molecule has 156 valence electrons. The monoisotopic (exact) mass is 412 g/mol. The molecule has 0 unspecified atom stereocenters. The topological polar surface area (TPSA) is 58.6 Å². The van der Waals surface area contributed by atoms with E-state index in [-0.39, 0.29) is 11.6 Å². The second kappa shape index (κ2) is 8.11.